The molecule has 29 heavy (non-hydrogen) atoms. The Morgan fingerprint density at radius 3 is 2.86 bits per heavy atom. The third-order valence-electron chi connectivity index (χ3n) is 5.69. The molecule has 6 heteroatoms. The van der Waals surface area contributed by atoms with E-state index in [9.17, 15) is 4.79 Å². The number of carbonyl (C=O) groups is 1. The Hall–Kier alpha value is -2.05. The Balaban J connectivity index is 1.42. The van der Waals surface area contributed by atoms with Crippen LogP contribution < -0.4 is 14.8 Å². The van der Waals surface area contributed by atoms with E-state index in [1.807, 2.05) is 29.5 Å². The van der Waals surface area contributed by atoms with Crippen molar-refractivity contribution in [3.05, 3.63) is 45.6 Å². The van der Waals surface area contributed by atoms with Crippen LogP contribution in [0.15, 0.2) is 29.6 Å². The number of thiophene rings is 1. The van der Waals surface area contributed by atoms with Gasteiger partial charge >= 0.3 is 0 Å². The lowest BCUT2D eigenvalue weighted by molar-refractivity contribution is -0.121. The highest BCUT2D eigenvalue weighted by atomic mass is 32.1. The smallest absolute Gasteiger partial charge is 0.220 e. The lowest BCUT2D eigenvalue weighted by Crippen LogP contribution is -2.35. The summed E-state index contributed by atoms with van der Waals surface area (Å²) in [6, 6.07) is 7.86. The van der Waals surface area contributed by atoms with Gasteiger partial charge in [-0.05, 0) is 67.8 Å². The molecular weight excluding hydrogens is 384 g/mol. The van der Waals surface area contributed by atoms with Crippen LogP contribution in [0.5, 0.6) is 11.5 Å². The number of ether oxygens (including phenoxy) is 2. The van der Waals surface area contributed by atoms with Crippen molar-refractivity contribution in [2.24, 2.45) is 5.92 Å². The molecule has 2 heterocycles. The van der Waals surface area contributed by atoms with Crippen LogP contribution >= 0.6 is 11.3 Å². The number of hydrogen-bond acceptors (Lipinski definition) is 5. The van der Waals surface area contributed by atoms with Crippen LogP contribution in [-0.4, -0.2) is 38.1 Å². The fraction of sp³-hybridized carbons (Fsp3) is 0.522. The fourth-order valence-electron chi connectivity index (χ4n) is 3.92. The Labute approximate surface area is 178 Å². The fourth-order valence-corrected chi connectivity index (χ4v) is 4.86. The Morgan fingerprint density at radius 2 is 2.14 bits per heavy atom. The zero-order valence-electron chi connectivity index (χ0n) is 17.7. The summed E-state index contributed by atoms with van der Waals surface area (Å²) in [5.41, 5.74) is 2.35. The van der Waals surface area contributed by atoms with E-state index < -0.39 is 0 Å². The summed E-state index contributed by atoms with van der Waals surface area (Å²) < 4.78 is 10.6. The van der Waals surface area contributed by atoms with Gasteiger partial charge in [0.2, 0.25) is 5.91 Å². The number of piperidine rings is 1. The molecule has 1 N–H and O–H groups in total. The molecule has 0 bridgehead atoms. The molecule has 0 spiro atoms. The van der Waals surface area contributed by atoms with E-state index in [0.29, 0.717) is 18.9 Å². The monoisotopic (exact) mass is 416 g/mol. The topological polar surface area (TPSA) is 50.8 Å². The molecule has 1 amide bonds. The normalized spacial score (nSPS) is 17.1. The van der Waals surface area contributed by atoms with Gasteiger partial charge in [-0.25, -0.2) is 0 Å². The SMILES string of the molecule is COc1ccc(CNC(=O)CC[C@H]2CCCN(Cc3sccc3C)C2)c(OC)c1. The van der Waals surface area contributed by atoms with Gasteiger partial charge in [0.15, 0.2) is 0 Å². The average Bonchev–Trinajstić information content (AvgIpc) is 3.15. The van der Waals surface area contributed by atoms with E-state index in [0.717, 1.165) is 43.1 Å². The molecule has 0 aliphatic carbocycles. The summed E-state index contributed by atoms with van der Waals surface area (Å²) in [6.07, 6.45) is 3.97. The second-order valence-electron chi connectivity index (χ2n) is 7.76. The van der Waals surface area contributed by atoms with Gasteiger partial charge in [-0.15, -0.1) is 11.3 Å². The lowest BCUT2D eigenvalue weighted by Gasteiger charge is -2.32. The predicted octanol–water partition coefficient (Wildman–Crippen LogP) is 4.38. The maximum absolute atomic E-state index is 12.4. The van der Waals surface area contributed by atoms with E-state index in [2.05, 4.69) is 28.6 Å². The molecular formula is C23H32N2O3S. The van der Waals surface area contributed by atoms with E-state index in [-0.39, 0.29) is 5.91 Å². The summed E-state index contributed by atoms with van der Waals surface area (Å²) in [7, 11) is 3.26. The van der Waals surface area contributed by atoms with Crippen LogP contribution in [0.2, 0.25) is 0 Å². The molecule has 0 radical (unpaired) electrons. The van der Waals surface area contributed by atoms with Crippen LogP contribution in [0.1, 0.15) is 41.7 Å². The summed E-state index contributed by atoms with van der Waals surface area (Å²) in [6.45, 7) is 5.97. The van der Waals surface area contributed by atoms with Gasteiger partial charge in [-0.1, -0.05) is 0 Å². The third kappa shape index (κ3) is 6.21. The quantitative estimate of drug-likeness (QED) is 0.659. The Bertz CT molecular complexity index is 805. The van der Waals surface area contributed by atoms with E-state index in [4.69, 9.17) is 9.47 Å². The first-order valence-corrected chi connectivity index (χ1v) is 11.2. The molecule has 1 atom stereocenters. The summed E-state index contributed by atoms with van der Waals surface area (Å²) in [5.74, 6) is 2.19. The maximum Gasteiger partial charge on any atom is 0.220 e. The minimum absolute atomic E-state index is 0.106. The van der Waals surface area contributed by atoms with Crippen molar-refractivity contribution in [3.8, 4) is 11.5 Å². The van der Waals surface area contributed by atoms with Gasteiger partial charge in [-0.2, -0.15) is 0 Å². The molecule has 2 aromatic rings. The van der Waals surface area contributed by atoms with Crippen LogP contribution in [0.25, 0.3) is 0 Å². The molecule has 3 rings (SSSR count). The summed E-state index contributed by atoms with van der Waals surface area (Å²) in [5, 5.41) is 5.21. The first-order chi connectivity index (χ1) is 14.1. The average molecular weight is 417 g/mol. The van der Waals surface area contributed by atoms with Gasteiger partial charge in [0, 0.05) is 42.6 Å². The standard InChI is InChI=1S/C23H32N2O3S/c1-17-10-12-29-22(17)16-25-11-4-5-18(15-25)6-9-23(26)24-14-19-7-8-20(27-2)13-21(19)28-3/h7-8,10,12-13,18H,4-6,9,11,14-16H2,1-3H3,(H,24,26)/t18-/m1/s1. The number of rotatable bonds is 9. The highest BCUT2D eigenvalue weighted by Gasteiger charge is 2.21. The molecule has 1 saturated heterocycles. The molecule has 1 aliphatic rings. The van der Waals surface area contributed by atoms with Gasteiger partial charge in [-0.3, -0.25) is 9.69 Å². The number of benzene rings is 1. The number of carbonyl (C=O) groups excluding carboxylic acids is 1. The summed E-state index contributed by atoms with van der Waals surface area (Å²) in [4.78, 5) is 16.4. The van der Waals surface area contributed by atoms with Crippen molar-refractivity contribution >= 4 is 17.2 Å². The second-order valence-corrected chi connectivity index (χ2v) is 8.76. The minimum Gasteiger partial charge on any atom is -0.497 e. The number of hydrogen-bond donors (Lipinski definition) is 1. The zero-order chi connectivity index (χ0) is 20.6. The molecule has 0 unspecified atom stereocenters. The molecule has 1 aromatic carbocycles. The van der Waals surface area contributed by atoms with E-state index in [1.165, 1.54) is 23.3 Å². The first-order valence-electron chi connectivity index (χ1n) is 10.3. The second kappa shape index (κ2) is 10.6. The van der Waals surface area contributed by atoms with Gasteiger partial charge < -0.3 is 14.8 Å². The Kier molecular flexibility index (Phi) is 7.95. The van der Waals surface area contributed by atoms with Crippen LogP contribution in [0.3, 0.4) is 0 Å². The van der Waals surface area contributed by atoms with Crippen molar-refractivity contribution in [2.45, 2.75) is 45.7 Å². The molecule has 0 saturated carbocycles. The van der Waals surface area contributed by atoms with Crippen molar-refractivity contribution in [1.82, 2.24) is 10.2 Å². The number of methoxy groups -OCH3 is 2. The lowest BCUT2D eigenvalue weighted by atomic mass is 9.93. The minimum atomic E-state index is 0.106. The maximum atomic E-state index is 12.4. The zero-order valence-corrected chi connectivity index (χ0v) is 18.5. The van der Waals surface area contributed by atoms with Crippen LogP contribution in [0, 0.1) is 12.8 Å². The number of nitrogens with zero attached hydrogens (tertiary/aromatic N) is 1. The largest absolute Gasteiger partial charge is 0.497 e. The van der Waals surface area contributed by atoms with E-state index >= 15 is 0 Å². The highest BCUT2D eigenvalue weighted by Crippen LogP contribution is 2.26. The first kappa shape index (κ1) is 21.7. The van der Waals surface area contributed by atoms with Crippen molar-refractivity contribution in [3.63, 3.8) is 0 Å². The van der Waals surface area contributed by atoms with Crippen molar-refractivity contribution in [2.75, 3.05) is 27.3 Å². The Morgan fingerprint density at radius 1 is 1.28 bits per heavy atom. The number of likely N-dealkylation sites (tertiary alicyclic amines) is 1. The summed E-state index contributed by atoms with van der Waals surface area (Å²) >= 11 is 1.85. The highest BCUT2D eigenvalue weighted by molar-refractivity contribution is 7.10. The molecule has 1 aromatic heterocycles. The van der Waals surface area contributed by atoms with Gasteiger partial charge in [0.1, 0.15) is 11.5 Å². The molecule has 1 fully saturated rings. The van der Waals surface area contributed by atoms with Crippen LogP contribution in [-0.2, 0) is 17.9 Å². The van der Waals surface area contributed by atoms with Gasteiger partial charge in [0.05, 0.1) is 14.2 Å². The number of aryl methyl sites for hydroxylation is 1. The van der Waals surface area contributed by atoms with Crippen LogP contribution in [0.4, 0.5) is 0 Å². The number of nitrogens with one attached hydrogen (secondary N) is 1. The van der Waals surface area contributed by atoms with E-state index in [1.54, 1.807) is 14.2 Å². The number of amides is 1. The van der Waals surface area contributed by atoms with Crippen molar-refractivity contribution < 1.29 is 14.3 Å². The third-order valence-corrected chi connectivity index (χ3v) is 6.70. The predicted molar refractivity (Wildman–Crippen MR) is 118 cm³/mol. The van der Waals surface area contributed by atoms with Crippen molar-refractivity contribution in [1.29, 1.82) is 0 Å². The molecule has 158 valence electrons. The molecule has 1 aliphatic heterocycles. The van der Waals surface area contributed by atoms with Gasteiger partial charge in [0.25, 0.3) is 0 Å². The molecule has 5 nitrogen and oxygen atoms in total.